The first-order valence-corrected chi connectivity index (χ1v) is 5.36. The second kappa shape index (κ2) is 7.04. The number of rotatable bonds is 4. The van der Waals surface area contributed by atoms with E-state index in [4.69, 9.17) is 16.2 Å². The van der Waals surface area contributed by atoms with Crippen molar-refractivity contribution in [2.45, 2.75) is 5.25 Å². The van der Waals surface area contributed by atoms with Gasteiger partial charge < -0.3 is 15.4 Å². The molecule has 6 nitrogen and oxygen atoms in total. The molecule has 0 heterocycles. The van der Waals surface area contributed by atoms with E-state index >= 15 is 0 Å². The smallest absolute Gasteiger partial charge is 0.748 e. The van der Waals surface area contributed by atoms with Gasteiger partial charge in [0, 0.05) is 5.75 Å². The Bertz CT molecular complexity index is 255. The molecular formula is C4H9N2NaO4S2. The van der Waals surface area contributed by atoms with Crippen LogP contribution >= 0.6 is 11.8 Å². The normalized spacial score (nSPS) is 13.1. The number of aliphatic hydroxyl groups excluding tert-OH is 1. The molecule has 0 aromatic carbocycles. The second-order valence-electron chi connectivity index (χ2n) is 1.97. The molecule has 0 saturated heterocycles. The van der Waals surface area contributed by atoms with Gasteiger partial charge in [0.05, 0.1) is 11.9 Å². The van der Waals surface area contributed by atoms with E-state index in [1.807, 2.05) is 0 Å². The van der Waals surface area contributed by atoms with E-state index in [1.54, 1.807) is 0 Å². The third-order valence-corrected chi connectivity index (χ3v) is 3.26. The summed E-state index contributed by atoms with van der Waals surface area (Å²) < 4.78 is 31.0. The Labute approximate surface area is 103 Å². The van der Waals surface area contributed by atoms with E-state index in [0.717, 1.165) is 0 Å². The Balaban J connectivity index is 0. The Morgan fingerprint density at radius 1 is 1.69 bits per heavy atom. The molecule has 0 bridgehead atoms. The molecule has 72 valence electrons. The fourth-order valence-corrected chi connectivity index (χ4v) is 1.93. The average Bonchev–Trinajstić information content (AvgIpc) is 1.85. The number of nitrogens with one attached hydrogen (secondary N) is 1. The van der Waals surface area contributed by atoms with Crippen molar-refractivity contribution in [1.82, 2.24) is 0 Å². The van der Waals surface area contributed by atoms with Crippen molar-refractivity contribution in [2.75, 3.05) is 12.4 Å². The molecular weight excluding hydrogens is 227 g/mol. The van der Waals surface area contributed by atoms with Gasteiger partial charge in [-0.25, -0.2) is 8.42 Å². The van der Waals surface area contributed by atoms with Crippen molar-refractivity contribution >= 4 is 27.0 Å². The van der Waals surface area contributed by atoms with E-state index in [1.165, 1.54) is 0 Å². The summed E-state index contributed by atoms with van der Waals surface area (Å²) in [5, 5.41) is 13.5. The molecule has 0 aromatic heterocycles. The van der Waals surface area contributed by atoms with Gasteiger partial charge in [-0.1, -0.05) is 11.8 Å². The van der Waals surface area contributed by atoms with Gasteiger partial charge in [-0.3, -0.25) is 5.41 Å². The minimum Gasteiger partial charge on any atom is -0.748 e. The minimum absolute atomic E-state index is 0. The van der Waals surface area contributed by atoms with Gasteiger partial charge in [-0.2, -0.15) is 0 Å². The number of hydrogen-bond acceptors (Lipinski definition) is 6. The molecule has 4 N–H and O–H groups in total. The number of aliphatic hydroxyl groups is 1. The maximum Gasteiger partial charge on any atom is 1.00 e. The van der Waals surface area contributed by atoms with Gasteiger partial charge in [0.15, 0.2) is 5.17 Å². The molecule has 0 fully saturated rings. The maximum absolute atomic E-state index is 10.3. The maximum atomic E-state index is 10.3. The largest absolute Gasteiger partial charge is 1.00 e. The molecule has 13 heavy (non-hydrogen) atoms. The molecule has 0 spiro atoms. The minimum atomic E-state index is -4.48. The number of thioether (sulfide) groups is 1. The summed E-state index contributed by atoms with van der Waals surface area (Å²) >= 11 is 0.713. The summed E-state index contributed by atoms with van der Waals surface area (Å²) in [6.07, 6.45) is 0. The predicted octanol–water partition coefficient (Wildman–Crippen LogP) is -4.48. The molecule has 0 aliphatic heterocycles. The Kier molecular flexibility index (Phi) is 8.74. The topological polar surface area (TPSA) is 127 Å². The van der Waals surface area contributed by atoms with Crippen molar-refractivity contribution in [3.05, 3.63) is 0 Å². The van der Waals surface area contributed by atoms with Gasteiger partial charge in [-0.05, 0) is 0 Å². The van der Waals surface area contributed by atoms with Crippen molar-refractivity contribution in [3.63, 3.8) is 0 Å². The van der Waals surface area contributed by atoms with Gasteiger partial charge in [0.1, 0.15) is 10.1 Å². The van der Waals surface area contributed by atoms with Gasteiger partial charge >= 0.3 is 29.6 Å². The zero-order chi connectivity index (χ0) is 9.78. The van der Waals surface area contributed by atoms with Crippen molar-refractivity contribution in [2.24, 2.45) is 5.73 Å². The van der Waals surface area contributed by atoms with Crippen LogP contribution in [0.3, 0.4) is 0 Å². The summed E-state index contributed by atoms with van der Waals surface area (Å²) in [6, 6.07) is 0. The van der Waals surface area contributed by atoms with Crippen molar-refractivity contribution in [1.29, 1.82) is 5.41 Å². The molecule has 0 saturated carbocycles. The van der Waals surface area contributed by atoms with Crippen LogP contribution in [0.1, 0.15) is 0 Å². The van der Waals surface area contributed by atoms with Crippen molar-refractivity contribution < 1.29 is 47.6 Å². The molecule has 0 aromatic rings. The second-order valence-corrected chi connectivity index (χ2v) is 4.69. The van der Waals surface area contributed by atoms with E-state index < -0.39 is 22.0 Å². The molecule has 0 aliphatic rings. The molecule has 0 amide bonds. The van der Waals surface area contributed by atoms with Gasteiger partial charge in [0.25, 0.3) is 0 Å². The average molecular weight is 236 g/mol. The fourth-order valence-electron chi connectivity index (χ4n) is 0.410. The first kappa shape index (κ1) is 16.1. The third kappa shape index (κ3) is 7.74. The molecule has 1 atom stereocenters. The third-order valence-electron chi connectivity index (χ3n) is 1.04. The van der Waals surface area contributed by atoms with Crippen LogP contribution in [0.15, 0.2) is 0 Å². The van der Waals surface area contributed by atoms with Crippen LogP contribution < -0.4 is 35.3 Å². The Hall–Kier alpha value is 0.690. The summed E-state index contributed by atoms with van der Waals surface area (Å²) in [6.45, 7) is -0.744. The predicted molar refractivity (Wildman–Crippen MR) is 44.9 cm³/mol. The van der Waals surface area contributed by atoms with Gasteiger partial charge in [-0.15, -0.1) is 0 Å². The molecule has 1 unspecified atom stereocenters. The summed E-state index contributed by atoms with van der Waals surface area (Å²) in [4.78, 5) is 0. The van der Waals surface area contributed by atoms with E-state index in [-0.39, 0.29) is 40.5 Å². The summed E-state index contributed by atoms with van der Waals surface area (Å²) in [5.41, 5.74) is 4.91. The SMILES string of the molecule is N=C(N)SCC(CO)S(=O)(=O)[O-].[Na+]. The number of hydrogen-bond donors (Lipinski definition) is 3. The zero-order valence-corrected chi connectivity index (χ0v) is 10.7. The van der Waals surface area contributed by atoms with Gasteiger partial charge in [0.2, 0.25) is 0 Å². The van der Waals surface area contributed by atoms with Crippen molar-refractivity contribution in [3.8, 4) is 0 Å². The number of nitrogens with two attached hydrogens (primary N) is 1. The zero-order valence-electron chi connectivity index (χ0n) is 7.06. The standard InChI is InChI=1S/C4H10N2O4S2.Na/c5-4(6)11-2-3(1-7)12(8,9)10;/h3,7H,1-2H2,(H3,5,6)(H,8,9,10);/q;+1/p-1. The molecule has 0 radical (unpaired) electrons. The van der Waals surface area contributed by atoms with Crippen LogP contribution in [0.2, 0.25) is 0 Å². The molecule has 9 heteroatoms. The molecule has 0 aliphatic carbocycles. The van der Waals surface area contributed by atoms with E-state index in [2.05, 4.69) is 0 Å². The Morgan fingerprint density at radius 2 is 2.15 bits per heavy atom. The van der Waals surface area contributed by atoms with E-state index in [9.17, 15) is 13.0 Å². The van der Waals surface area contributed by atoms with Crippen LogP contribution in [0, 0.1) is 5.41 Å². The van der Waals surface area contributed by atoms with Crippen LogP contribution in [-0.2, 0) is 10.1 Å². The Morgan fingerprint density at radius 3 is 2.38 bits per heavy atom. The quantitative estimate of drug-likeness (QED) is 0.195. The van der Waals surface area contributed by atoms with Crippen LogP contribution in [0.5, 0.6) is 0 Å². The van der Waals surface area contributed by atoms with E-state index in [0.29, 0.717) is 11.8 Å². The molecule has 0 rings (SSSR count). The van der Waals surface area contributed by atoms with Crippen LogP contribution in [0.25, 0.3) is 0 Å². The fraction of sp³-hybridized carbons (Fsp3) is 0.750. The number of amidine groups is 1. The van der Waals surface area contributed by atoms with Crippen LogP contribution in [-0.4, -0.2) is 40.9 Å². The first-order chi connectivity index (χ1) is 5.38. The van der Waals surface area contributed by atoms with Crippen LogP contribution in [0.4, 0.5) is 0 Å². The monoisotopic (exact) mass is 236 g/mol. The first-order valence-electron chi connectivity index (χ1n) is 2.90. The summed E-state index contributed by atoms with van der Waals surface area (Å²) in [7, 11) is -4.48. The summed E-state index contributed by atoms with van der Waals surface area (Å²) in [5.74, 6) is -0.183.